The lowest BCUT2D eigenvalue weighted by Crippen LogP contribution is -2.10. The summed E-state index contributed by atoms with van der Waals surface area (Å²) < 4.78 is 26.1. The van der Waals surface area contributed by atoms with Crippen LogP contribution in [-0.4, -0.2) is 9.97 Å². The van der Waals surface area contributed by atoms with E-state index in [4.69, 9.17) is 5.84 Å². The molecule has 0 unspecified atom stereocenters. The fraction of sp³-hybridized carbons (Fsp3) is 0.0909. The van der Waals surface area contributed by atoms with E-state index in [9.17, 15) is 8.78 Å². The van der Waals surface area contributed by atoms with Gasteiger partial charge in [0.25, 0.3) is 0 Å². The molecule has 1 heterocycles. The molecule has 0 aliphatic rings. The molecule has 0 saturated heterocycles. The Balaban J connectivity index is 2.55. The molecule has 0 saturated carbocycles. The van der Waals surface area contributed by atoms with Crippen LogP contribution < -0.4 is 11.3 Å². The summed E-state index contributed by atoms with van der Waals surface area (Å²) in [5.41, 5.74) is 3.28. The summed E-state index contributed by atoms with van der Waals surface area (Å²) in [6.45, 7) is 1.74. The lowest BCUT2D eigenvalue weighted by atomic mass is 10.2. The SMILES string of the molecule is Cc1cc(NN)nc(-c2cc(F)cc(F)c2)n1. The van der Waals surface area contributed by atoms with Crippen LogP contribution in [0.4, 0.5) is 14.6 Å². The Morgan fingerprint density at radius 1 is 1.06 bits per heavy atom. The molecule has 0 bridgehead atoms. The highest BCUT2D eigenvalue weighted by Crippen LogP contribution is 2.19. The molecule has 0 spiro atoms. The Labute approximate surface area is 96.5 Å². The monoisotopic (exact) mass is 236 g/mol. The number of aromatic nitrogens is 2. The molecule has 4 nitrogen and oxygen atoms in total. The second-order valence-corrected chi connectivity index (χ2v) is 3.52. The number of nitrogens with two attached hydrogens (primary N) is 1. The van der Waals surface area contributed by atoms with Gasteiger partial charge < -0.3 is 5.43 Å². The molecule has 6 heteroatoms. The van der Waals surface area contributed by atoms with E-state index in [0.717, 1.165) is 18.2 Å². The number of anilines is 1. The minimum atomic E-state index is -0.674. The van der Waals surface area contributed by atoms with Crippen molar-refractivity contribution in [2.75, 3.05) is 5.43 Å². The van der Waals surface area contributed by atoms with Gasteiger partial charge in [0.2, 0.25) is 0 Å². The summed E-state index contributed by atoms with van der Waals surface area (Å²) in [5, 5.41) is 0. The molecule has 0 aliphatic carbocycles. The van der Waals surface area contributed by atoms with Crippen LogP contribution in [0.25, 0.3) is 11.4 Å². The van der Waals surface area contributed by atoms with Crippen molar-refractivity contribution in [2.24, 2.45) is 5.84 Å². The van der Waals surface area contributed by atoms with Gasteiger partial charge in [0.05, 0.1) is 0 Å². The molecular formula is C11H10F2N4. The molecule has 1 aromatic carbocycles. The van der Waals surface area contributed by atoms with Gasteiger partial charge in [0.1, 0.15) is 17.5 Å². The second kappa shape index (κ2) is 4.42. The molecule has 88 valence electrons. The molecule has 2 rings (SSSR count). The Bertz CT molecular complexity index is 537. The third-order valence-electron chi connectivity index (χ3n) is 2.12. The van der Waals surface area contributed by atoms with Crippen molar-refractivity contribution in [3.05, 3.63) is 41.6 Å². The van der Waals surface area contributed by atoms with Crippen molar-refractivity contribution in [2.45, 2.75) is 6.92 Å². The zero-order valence-electron chi connectivity index (χ0n) is 9.04. The second-order valence-electron chi connectivity index (χ2n) is 3.52. The maximum absolute atomic E-state index is 13.1. The van der Waals surface area contributed by atoms with E-state index in [1.807, 2.05) is 0 Å². The van der Waals surface area contributed by atoms with E-state index in [1.54, 1.807) is 13.0 Å². The molecule has 0 amide bonds. The molecule has 0 aliphatic heterocycles. The number of rotatable bonds is 2. The quantitative estimate of drug-likeness (QED) is 0.618. The first kappa shape index (κ1) is 11.4. The topological polar surface area (TPSA) is 63.8 Å². The summed E-state index contributed by atoms with van der Waals surface area (Å²) in [7, 11) is 0. The van der Waals surface area contributed by atoms with E-state index in [-0.39, 0.29) is 11.4 Å². The van der Waals surface area contributed by atoms with Crippen LogP contribution in [0.3, 0.4) is 0 Å². The van der Waals surface area contributed by atoms with Crippen molar-refractivity contribution in [1.29, 1.82) is 0 Å². The van der Waals surface area contributed by atoms with Gasteiger partial charge in [-0.2, -0.15) is 0 Å². The standard InChI is InChI=1S/C11H10F2N4/c1-6-2-10(17-14)16-11(15-6)7-3-8(12)5-9(13)4-7/h2-5H,14H2,1H3,(H,15,16,17). The van der Waals surface area contributed by atoms with Gasteiger partial charge in [0, 0.05) is 23.4 Å². The average molecular weight is 236 g/mol. The van der Waals surface area contributed by atoms with E-state index in [0.29, 0.717) is 11.5 Å². The third-order valence-corrected chi connectivity index (χ3v) is 2.12. The molecule has 3 N–H and O–H groups in total. The molecule has 2 aromatic rings. The molecule has 1 aromatic heterocycles. The Hall–Kier alpha value is -2.08. The zero-order valence-corrected chi connectivity index (χ0v) is 9.04. The van der Waals surface area contributed by atoms with Crippen LogP contribution in [0.15, 0.2) is 24.3 Å². The van der Waals surface area contributed by atoms with E-state index in [2.05, 4.69) is 15.4 Å². The number of nitrogen functional groups attached to an aromatic ring is 1. The number of aryl methyl sites for hydroxylation is 1. The van der Waals surface area contributed by atoms with Crippen LogP contribution in [0.2, 0.25) is 0 Å². The number of hydrazine groups is 1. The minimum absolute atomic E-state index is 0.219. The number of hydrogen-bond acceptors (Lipinski definition) is 4. The molecule has 17 heavy (non-hydrogen) atoms. The minimum Gasteiger partial charge on any atom is -0.308 e. The van der Waals surface area contributed by atoms with E-state index >= 15 is 0 Å². The van der Waals surface area contributed by atoms with E-state index < -0.39 is 11.6 Å². The lowest BCUT2D eigenvalue weighted by Gasteiger charge is -2.05. The molecule has 0 atom stereocenters. The van der Waals surface area contributed by atoms with Gasteiger partial charge in [-0.1, -0.05) is 0 Å². The lowest BCUT2D eigenvalue weighted by molar-refractivity contribution is 0.584. The fourth-order valence-electron chi connectivity index (χ4n) is 1.45. The number of nitrogens with one attached hydrogen (secondary N) is 1. The average Bonchev–Trinajstić information content (AvgIpc) is 2.26. The molecule has 0 fully saturated rings. The fourth-order valence-corrected chi connectivity index (χ4v) is 1.45. The van der Waals surface area contributed by atoms with Crippen molar-refractivity contribution >= 4 is 5.82 Å². The summed E-state index contributed by atoms with van der Waals surface area (Å²) >= 11 is 0. The van der Waals surface area contributed by atoms with Crippen LogP contribution >= 0.6 is 0 Å². The van der Waals surface area contributed by atoms with Crippen LogP contribution in [0.5, 0.6) is 0 Å². The first-order valence-electron chi connectivity index (χ1n) is 4.87. The Morgan fingerprint density at radius 2 is 1.71 bits per heavy atom. The normalized spacial score (nSPS) is 10.4. The highest BCUT2D eigenvalue weighted by Gasteiger charge is 2.07. The maximum atomic E-state index is 13.1. The highest BCUT2D eigenvalue weighted by atomic mass is 19.1. The summed E-state index contributed by atoms with van der Waals surface area (Å²) in [5.74, 6) is 4.49. The van der Waals surface area contributed by atoms with Gasteiger partial charge in [-0.3, -0.25) is 0 Å². The maximum Gasteiger partial charge on any atom is 0.162 e. The first-order chi connectivity index (χ1) is 8.08. The summed E-state index contributed by atoms with van der Waals surface area (Å²) in [4.78, 5) is 8.12. The van der Waals surface area contributed by atoms with Crippen LogP contribution in [-0.2, 0) is 0 Å². The van der Waals surface area contributed by atoms with Gasteiger partial charge >= 0.3 is 0 Å². The Morgan fingerprint density at radius 3 is 2.29 bits per heavy atom. The number of halogens is 2. The van der Waals surface area contributed by atoms with Gasteiger partial charge in [-0.15, -0.1) is 0 Å². The highest BCUT2D eigenvalue weighted by molar-refractivity contribution is 5.57. The van der Waals surface area contributed by atoms with Crippen LogP contribution in [0, 0.1) is 18.6 Å². The number of benzene rings is 1. The van der Waals surface area contributed by atoms with E-state index in [1.165, 1.54) is 0 Å². The summed E-state index contributed by atoms with van der Waals surface area (Å²) in [6, 6.07) is 4.75. The predicted molar refractivity (Wildman–Crippen MR) is 59.9 cm³/mol. The van der Waals surface area contributed by atoms with Crippen molar-refractivity contribution in [3.8, 4) is 11.4 Å². The summed E-state index contributed by atoms with van der Waals surface area (Å²) in [6.07, 6.45) is 0. The van der Waals surface area contributed by atoms with Gasteiger partial charge in [0.15, 0.2) is 5.82 Å². The smallest absolute Gasteiger partial charge is 0.162 e. The zero-order chi connectivity index (χ0) is 12.4. The van der Waals surface area contributed by atoms with Crippen LogP contribution in [0.1, 0.15) is 5.69 Å². The predicted octanol–water partition coefficient (Wildman–Crippen LogP) is 2.02. The van der Waals surface area contributed by atoms with Crippen molar-refractivity contribution in [1.82, 2.24) is 9.97 Å². The number of nitrogens with zero attached hydrogens (tertiary/aromatic N) is 2. The largest absolute Gasteiger partial charge is 0.308 e. The van der Waals surface area contributed by atoms with Crippen molar-refractivity contribution in [3.63, 3.8) is 0 Å². The Kier molecular flexibility index (Phi) is 2.97. The van der Waals surface area contributed by atoms with Gasteiger partial charge in [-0.25, -0.2) is 24.6 Å². The van der Waals surface area contributed by atoms with Gasteiger partial charge in [-0.05, 0) is 19.1 Å². The molecular weight excluding hydrogens is 226 g/mol. The first-order valence-corrected chi connectivity index (χ1v) is 4.87. The molecule has 0 radical (unpaired) electrons. The number of hydrogen-bond donors (Lipinski definition) is 2. The third kappa shape index (κ3) is 2.54. The van der Waals surface area contributed by atoms with Crippen molar-refractivity contribution < 1.29 is 8.78 Å².